The van der Waals surface area contributed by atoms with Crippen molar-refractivity contribution in [2.45, 2.75) is 23.7 Å². The maximum Gasteiger partial charge on any atom is 0.573 e. The molecule has 7 nitrogen and oxygen atoms in total. The minimum Gasteiger partial charge on any atom is -0.406 e. The summed E-state index contributed by atoms with van der Waals surface area (Å²) in [5.41, 5.74) is 0. The molecule has 1 aliphatic rings. The minimum atomic E-state index is -4.82. The van der Waals surface area contributed by atoms with Gasteiger partial charge in [-0.1, -0.05) is 0 Å². The van der Waals surface area contributed by atoms with Crippen LogP contribution in [0.1, 0.15) is 12.5 Å². The second-order valence-corrected chi connectivity index (χ2v) is 7.11. The molecule has 0 aliphatic carbocycles. The summed E-state index contributed by atoms with van der Waals surface area (Å²) >= 11 is 0. The van der Waals surface area contributed by atoms with E-state index in [-0.39, 0.29) is 24.0 Å². The first-order chi connectivity index (χ1) is 11.3. The van der Waals surface area contributed by atoms with Crippen LogP contribution in [0.25, 0.3) is 0 Å². The van der Waals surface area contributed by atoms with E-state index in [0.717, 1.165) is 24.3 Å². The van der Waals surface area contributed by atoms with Crippen LogP contribution in [-0.4, -0.2) is 47.2 Å². The lowest BCUT2D eigenvalue weighted by Crippen LogP contribution is -2.29. The molecule has 2 aromatic rings. The van der Waals surface area contributed by atoms with Gasteiger partial charge in [0, 0.05) is 13.1 Å². The number of hydrogen-bond acceptors (Lipinski definition) is 5. The predicted octanol–water partition coefficient (Wildman–Crippen LogP) is 1.81. The Hall–Kier alpha value is -2.14. The molecule has 24 heavy (non-hydrogen) atoms. The van der Waals surface area contributed by atoms with Crippen molar-refractivity contribution in [3.8, 4) is 5.75 Å². The van der Waals surface area contributed by atoms with Crippen molar-refractivity contribution >= 4 is 10.0 Å². The maximum absolute atomic E-state index is 12.6. The van der Waals surface area contributed by atoms with Crippen molar-refractivity contribution in [2.24, 2.45) is 0 Å². The molecule has 0 N–H and O–H groups in total. The van der Waals surface area contributed by atoms with Gasteiger partial charge in [-0.25, -0.2) is 8.42 Å². The van der Waals surface area contributed by atoms with Crippen molar-refractivity contribution in [3.63, 3.8) is 0 Å². The van der Waals surface area contributed by atoms with Crippen LogP contribution < -0.4 is 4.74 Å². The fourth-order valence-corrected chi connectivity index (χ4v) is 3.99. The fourth-order valence-electron chi connectivity index (χ4n) is 2.49. The average Bonchev–Trinajstić information content (AvgIpc) is 3.17. The number of benzene rings is 1. The lowest BCUT2D eigenvalue weighted by atomic mass is 10.3. The van der Waals surface area contributed by atoms with Gasteiger partial charge in [-0.15, -0.1) is 13.2 Å². The monoisotopic (exact) mass is 362 g/mol. The van der Waals surface area contributed by atoms with Crippen LogP contribution in [0, 0.1) is 0 Å². The van der Waals surface area contributed by atoms with E-state index in [1.165, 1.54) is 21.5 Å². The Morgan fingerprint density at radius 2 is 1.75 bits per heavy atom. The first kappa shape index (κ1) is 16.7. The molecule has 0 saturated carbocycles. The zero-order valence-corrected chi connectivity index (χ0v) is 13.0. The van der Waals surface area contributed by atoms with E-state index in [1.54, 1.807) is 0 Å². The Bertz CT molecular complexity index is 791. The third-order valence-corrected chi connectivity index (χ3v) is 5.46. The van der Waals surface area contributed by atoms with Gasteiger partial charge in [-0.05, 0) is 30.7 Å². The van der Waals surface area contributed by atoms with Crippen LogP contribution in [0.5, 0.6) is 5.75 Å². The van der Waals surface area contributed by atoms with E-state index < -0.39 is 22.1 Å². The molecular formula is C13H13F3N4O3S. The highest BCUT2D eigenvalue weighted by Crippen LogP contribution is 2.28. The largest absolute Gasteiger partial charge is 0.573 e. The van der Waals surface area contributed by atoms with Crippen molar-refractivity contribution in [3.05, 3.63) is 36.7 Å². The Labute approximate surface area is 135 Å². The molecule has 0 bridgehead atoms. The summed E-state index contributed by atoms with van der Waals surface area (Å²) in [7, 11) is -3.80. The molecule has 1 fully saturated rings. The van der Waals surface area contributed by atoms with Crippen molar-refractivity contribution in [1.82, 2.24) is 19.3 Å². The van der Waals surface area contributed by atoms with Gasteiger partial charge in [0.25, 0.3) is 0 Å². The Kier molecular flexibility index (Phi) is 4.22. The van der Waals surface area contributed by atoms with Crippen molar-refractivity contribution < 1.29 is 26.3 Å². The third-order valence-electron chi connectivity index (χ3n) is 3.58. The quantitative estimate of drug-likeness (QED) is 0.829. The topological polar surface area (TPSA) is 77.3 Å². The lowest BCUT2D eigenvalue weighted by molar-refractivity contribution is -0.274. The van der Waals surface area contributed by atoms with Gasteiger partial charge in [0.2, 0.25) is 10.0 Å². The first-order valence-electron chi connectivity index (χ1n) is 6.97. The van der Waals surface area contributed by atoms with Crippen LogP contribution in [0.3, 0.4) is 0 Å². The molecular weight excluding hydrogens is 349 g/mol. The normalized spacial score (nSPS) is 19.5. The van der Waals surface area contributed by atoms with Crippen LogP contribution >= 0.6 is 0 Å². The van der Waals surface area contributed by atoms with E-state index >= 15 is 0 Å². The Balaban J connectivity index is 1.74. The van der Waals surface area contributed by atoms with Crippen molar-refractivity contribution in [1.29, 1.82) is 0 Å². The minimum absolute atomic E-state index is 0.0916. The van der Waals surface area contributed by atoms with E-state index in [9.17, 15) is 21.6 Å². The molecule has 1 atom stereocenters. The summed E-state index contributed by atoms with van der Waals surface area (Å²) in [6.07, 6.45) is -1.24. The summed E-state index contributed by atoms with van der Waals surface area (Å²) in [5.74, 6) is -0.471. The van der Waals surface area contributed by atoms with Crippen LogP contribution in [0.15, 0.2) is 41.6 Å². The van der Waals surface area contributed by atoms with Gasteiger partial charge in [0.05, 0.1) is 23.3 Å². The number of ether oxygens (including phenoxy) is 1. The Morgan fingerprint density at radius 1 is 1.12 bits per heavy atom. The number of halogens is 3. The summed E-state index contributed by atoms with van der Waals surface area (Å²) < 4.78 is 66.5. The summed E-state index contributed by atoms with van der Waals surface area (Å²) in [6, 6.07) is 3.97. The van der Waals surface area contributed by atoms with Gasteiger partial charge < -0.3 is 4.74 Å². The smallest absolute Gasteiger partial charge is 0.406 e. The molecule has 11 heteroatoms. The van der Waals surface area contributed by atoms with E-state index in [4.69, 9.17) is 0 Å². The van der Waals surface area contributed by atoms with Gasteiger partial charge >= 0.3 is 6.36 Å². The SMILES string of the molecule is O=S(=O)(c1ccc(OC(F)(F)F)cc1)N1CCC(n2nccn2)C1. The standard InChI is InChI=1S/C13H13F3N4O3S/c14-13(15,16)23-11-1-3-12(4-2-11)24(21,22)19-8-5-10(9-19)20-17-6-7-18-20/h1-4,6-7,10H,5,8-9H2. The fraction of sp³-hybridized carbons (Fsp3) is 0.385. The van der Waals surface area contributed by atoms with Crippen LogP contribution in [-0.2, 0) is 10.0 Å². The van der Waals surface area contributed by atoms with Crippen LogP contribution in [0.2, 0.25) is 0 Å². The van der Waals surface area contributed by atoms with Gasteiger partial charge in [-0.3, -0.25) is 0 Å². The number of aromatic nitrogens is 3. The molecule has 0 radical (unpaired) electrons. The molecule has 1 aromatic carbocycles. The van der Waals surface area contributed by atoms with Gasteiger partial charge in [-0.2, -0.15) is 19.3 Å². The lowest BCUT2D eigenvalue weighted by Gasteiger charge is -2.17. The zero-order valence-electron chi connectivity index (χ0n) is 12.2. The summed E-state index contributed by atoms with van der Waals surface area (Å²) in [6.45, 7) is 0.493. The van der Waals surface area contributed by atoms with Crippen molar-refractivity contribution in [2.75, 3.05) is 13.1 Å². The Morgan fingerprint density at radius 3 is 2.33 bits per heavy atom. The zero-order chi connectivity index (χ0) is 17.4. The molecule has 2 heterocycles. The highest BCUT2D eigenvalue weighted by molar-refractivity contribution is 7.89. The average molecular weight is 362 g/mol. The predicted molar refractivity (Wildman–Crippen MR) is 75.6 cm³/mol. The summed E-state index contributed by atoms with van der Waals surface area (Å²) in [5, 5.41) is 7.99. The third kappa shape index (κ3) is 3.51. The highest BCUT2D eigenvalue weighted by atomic mass is 32.2. The number of alkyl halides is 3. The first-order valence-corrected chi connectivity index (χ1v) is 8.41. The molecule has 0 amide bonds. The van der Waals surface area contributed by atoms with Gasteiger partial charge in [0.1, 0.15) is 5.75 Å². The van der Waals surface area contributed by atoms with E-state index in [1.807, 2.05) is 0 Å². The number of sulfonamides is 1. The highest BCUT2D eigenvalue weighted by Gasteiger charge is 2.35. The number of nitrogens with zero attached hydrogens (tertiary/aromatic N) is 4. The molecule has 1 aromatic heterocycles. The second-order valence-electron chi connectivity index (χ2n) is 5.17. The summed E-state index contributed by atoms with van der Waals surface area (Å²) in [4.78, 5) is 1.36. The molecule has 1 unspecified atom stereocenters. The molecule has 0 spiro atoms. The van der Waals surface area contributed by atoms with E-state index in [2.05, 4.69) is 14.9 Å². The van der Waals surface area contributed by atoms with E-state index in [0.29, 0.717) is 6.42 Å². The number of rotatable bonds is 4. The second kappa shape index (κ2) is 6.06. The molecule has 1 saturated heterocycles. The van der Waals surface area contributed by atoms with Gasteiger partial charge in [0.15, 0.2) is 0 Å². The molecule has 130 valence electrons. The number of hydrogen-bond donors (Lipinski definition) is 0. The maximum atomic E-state index is 12.6. The molecule has 3 rings (SSSR count). The van der Waals surface area contributed by atoms with Crippen LogP contribution in [0.4, 0.5) is 13.2 Å². The molecule has 1 aliphatic heterocycles.